The Bertz CT molecular complexity index is 782. The molecule has 2 aromatic carbocycles. The third-order valence-corrected chi connectivity index (χ3v) is 5.17. The maximum Gasteiger partial charge on any atom is 0.176 e. The number of benzene rings is 2. The fraction of sp³-hybridized carbons (Fsp3) is 0.318. The molecule has 1 saturated carbocycles. The summed E-state index contributed by atoms with van der Waals surface area (Å²) >= 11 is 0. The second-order valence-electron chi connectivity index (χ2n) is 6.82. The summed E-state index contributed by atoms with van der Waals surface area (Å²) < 4.78 is 2.28. The molecule has 116 valence electrons. The third-order valence-electron chi connectivity index (χ3n) is 5.17. The predicted molar refractivity (Wildman–Crippen MR) is 95.5 cm³/mol. The van der Waals surface area contributed by atoms with Crippen molar-refractivity contribution < 1.29 is 4.57 Å². The van der Waals surface area contributed by atoms with E-state index in [1.807, 2.05) is 0 Å². The minimum Gasteiger partial charge on any atom is -0.200 e. The standard InChI is InChI=1S/C22H24N/c1-2-6-19(7-3-1)21-12-10-18(11-13-21)16-23-15-14-20-8-4-5-9-22(20)17-23/h4-5,8-15,17,19H,1-3,6-7,16H2/q+1. The molecule has 1 heteroatoms. The van der Waals surface area contributed by atoms with Crippen molar-refractivity contribution in [2.45, 2.75) is 44.6 Å². The summed E-state index contributed by atoms with van der Waals surface area (Å²) in [5, 5.41) is 2.60. The molecule has 0 radical (unpaired) electrons. The van der Waals surface area contributed by atoms with E-state index in [-0.39, 0.29) is 0 Å². The summed E-state index contributed by atoms with van der Waals surface area (Å²) in [6.45, 7) is 0.940. The van der Waals surface area contributed by atoms with Gasteiger partial charge in [0.25, 0.3) is 0 Å². The first-order chi connectivity index (χ1) is 11.4. The maximum atomic E-state index is 2.35. The predicted octanol–water partition coefficient (Wildman–Crippen LogP) is 5.22. The van der Waals surface area contributed by atoms with Crippen LogP contribution < -0.4 is 4.57 Å². The smallest absolute Gasteiger partial charge is 0.176 e. The summed E-state index contributed by atoms with van der Waals surface area (Å²) in [5.74, 6) is 0.797. The van der Waals surface area contributed by atoms with Gasteiger partial charge in [0.05, 0.1) is 0 Å². The van der Waals surface area contributed by atoms with E-state index in [2.05, 4.69) is 71.6 Å². The van der Waals surface area contributed by atoms with Gasteiger partial charge in [-0.15, -0.1) is 0 Å². The Hall–Kier alpha value is -2.15. The van der Waals surface area contributed by atoms with Crippen LogP contribution in [0.25, 0.3) is 10.8 Å². The number of hydrogen-bond acceptors (Lipinski definition) is 0. The molecule has 1 fully saturated rings. The van der Waals surface area contributed by atoms with E-state index in [9.17, 15) is 0 Å². The molecule has 23 heavy (non-hydrogen) atoms. The van der Waals surface area contributed by atoms with Crippen molar-refractivity contribution in [3.63, 3.8) is 0 Å². The van der Waals surface area contributed by atoms with Crippen LogP contribution >= 0.6 is 0 Å². The monoisotopic (exact) mass is 302 g/mol. The van der Waals surface area contributed by atoms with Gasteiger partial charge in [-0.2, -0.15) is 0 Å². The largest absolute Gasteiger partial charge is 0.200 e. The van der Waals surface area contributed by atoms with Crippen LogP contribution in [0.5, 0.6) is 0 Å². The molecule has 0 saturated heterocycles. The van der Waals surface area contributed by atoms with Gasteiger partial charge in [0.15, 0.2) is 18.9 Å². The molecule has 3 aromatic rings. The van der Waals surface area contributed by atoms with Crippen LogP contribution in [0.1, 0.15) is 49.1 Å². The van der Waals surface area contributed by atoms with Crippen LogP contribution in [0.3, 0.4) is 0 Å². The molecular weight excluding hydrogens is 278 g/mol. The molecule has 1 heterocycles. The quantitative estimate of drug-likeness (QED) is 0.584. The highest BCUT2D eigenvalue weighted by Gasteiger charge is 2.15. The first-order valence-electron chi connectivity index (χ1n) is 8.85. The molecule has 0 spiro atoms. The molecule has 0 amide bonds. The van der Waals surface area contributed by atoms with Gasteiger partial charge in [0.2, 0.25) is 0 Å². The maximum absolute atomic E-state index is 2.35. The third kappa shape index (κ3) is 3.29. The Balaban J connectivity index is 1.51. The topological polar surface area (TPSA) is 3.88 Å². The Labute approximate surface area is 138 Å². The normalized spacial score (nSPS) is 15.8. The first kappa shape index (κ1) is 14.4. The van der Waals surface area contributed by atoms with E-state index in [0.717, 1.165) is 12.5 Å². The van der Waals surface area contributed by atoms with Gasteiger partial charge >= 0.3 is 0 Å². The minimum absolute atomic E-state index is 0.797. The zero-order valence-electron chi connectivity index (χ0n) is 13.6. The molecule has 1 aliphatic carbocycles. The molecule has 0 bridgehead atoms. The zero-order valence-corrected chi connectivity index (χ0v) is 13.6. The Morgan fingerprint density at radius 2 is 1.52 bits per heavy atom. The van der Waals surface area contributed by atoms with Crippen LogP contribution in [-0.4, -0.2) is 0 Å². The molecular formula is C22H24N+. The molecule has 1 aliphatic rings. The average molecular weight is 302 g/mol. The molecule has 0 aliphatic heterocycles. The van der Waals surface area contributed by atoms with Crippen molar-refractivity contribution in [3.05, 3.63) is 78.1 Å². The second-order valence-corrected chi connectivity index (χ2v) is 6.82. The fourth-order valence-corrected chi connectivity index (χ4v) is 3.82. The number of aromatic nitrogens is 1. The van der Waals surface area contributed by atoms with Crippen LogP contribution in [0, 0.1) is 0 Å². The molecule has 4 rings (SSSR count). The molecule has 1 nitrogen and oxygen atoms in total. The fourth-order valence-electron chi connectivity index (χ4n) is 3.82. The Morgan fingerprint density at radius 1 is 0.783 bits per heavy atom. The number of pyridine rings is 1. The van der Waals surface area contributed by atoms with E-state index in [4.69, 9.17) is 0 Å². The van der Waals surface area contributed by atoms with Crippen LogP contribution in [0.15, 0.2) is 67.0 Å². The van der Waals surface area contributed by atoms with Gasteiger partial charge in [-0.25, -0.2) is 4.57 Å². The van der Waals surface area contributed by atoms with Gasteiger partial charge in [0.1, 0.15) is 0 Å². The van der Waals surface area contributed by atoms with Gasteiger partial charge in [-0.3, -0.25) is 0 Å². The van der Waals surface area contributed by atoms with E-state index in [1.54, 1.807) is 0 Å². The van der Waals surface area contributed by atoms with E-state index in [0.29, 0.717) is 0 Å². The van der Waals surface area contributed by atoms with Crippen molar-refractivity contribution in [2.24, 2.45) is 0 Å². The van der Waals surface area contributed by atoms with Crippen molar-refractivity contribution in [1.82, 2.24) is 0 Å². The first-order valence-corrected chi connectivity index (χ1v) is 8.85. The van der Waals surface area contributed by atoms with Gasteiger partial charge in [-0.05, 0) is 35.8 Å². The van der Waals surface area contributed by atoms with Crippen molar-refractivity contribution in [3.8, 4) is 0 Å². The Kier molecular flexibility index (Phi) is 4.10. The number of fused-ring (bicyclic) bond motifs is 1. The van der Waals surface area contributed by atoms with E-state index in [1.165, 1.54) is 54.0 Å². The Morgan fingerprint density at radius 3 is 2.30 bits per heavy atom. The van der Waals surface area contributed by atoms with Gasteiger partial charge in [-0.1, -0.05) is 61.7 Å². The van der Waals surface area contributed by atoms with Crippen molar-refractivity contribution in [1.29, 1.82) is 0 Å². The number of rotatable bonds is 3. The summed E-state index contributed by atoms with van der Waals surface area (Å²) in [6, 6.07) is 20.1. The summed E-state index contributed by atoms with van der Waals surface area (Å²) in [4.78, 5) is 0. The highest BCUT2D eigenvalue weighted by molar-refractivity contribution is 5.80. The highest BCUT2D eigenvalue weighted by atomic mass is 14.9. The van der Waals surface area contributed by atoms with Gasteiger partial charge in [0, 0.05) is 17.0 Å². The summed E-state index contributed by atoms with van der Waals surface area (Å²) in [6.07, 6.45) is 11.4. The van der Waals surface area contributed by atoms with Crippen molar-refractivity contribution >= 4 is 10.8 Å². The lowest BCUT2D eigenvalue weighted by Gasteiger charge is -2.21. The molecule has 0 N–H and O–H groups in total. The molecule has 1 aromatic heterocycles. The number of hydrogen-bond donors (Lipinski definition) is 0. The SMILES string of the molecule is c1ccc2c[n+](Cc3ccc(C4CCCCC4)cc3)ccc2c1. The lowest BCUT2D eigenvalue weighted by Crippen LogP contribution is -2.33. The van der Waals surface area contributed by atoms with Crippen LogP contribution in [-0.2, 0) is 6.54 Å². The van der Waals surface area contributed by atoms with E-state index < -0.39 is 0 Å². The van der Waals surface area contributed by atoms with Crippen LogP contribution in [0.2, 0.25) is 0 Å². The number of nitrogens with zero attached hydrogens (tertiary/aromatic N) is 1. The lowest BCUT2D eigenvalue weighted by molar-refractivity contribution is -0.687. The molecule has 0 unspecified atom stereocenters. The van der Waals surface area contributed by atoms with Crippen LogP contribution in [0.4, 0.5) is 0 Å². The lowest BCUT2D eigenvalue weighted by atomic mass is 9.84. The van der Waals surface area contributed by atoms with Crippen molar-refractivity contribution in [2.75, 3.05) is 0 Å². The van der Waals surface area contributed by atoms with Gasteiger partial charge < -0.3 is 0 Å². The summed E-state index contributed by atoms with van der Waals surface area (Å²) in [7, 11) is 0. The summed E-state index contributed by atoms with van der Waals surface area (Å²) in [5.41, 5.74) is 2.92. The highest BCUT2D eigenvalue weighted by Crippen LogP contribution is 2.32. The minimum atomic E-state index is 0.797. The molecule has 0 atom stereocenters. The second kappa shape index (κ2) is 6.54. The average Bonchev–Trinajstić information content (AvgIpc) is 2.63. The zero-order chi connectivity index (χ0) is 15.5. The van der Waals surface area contributed by atoms with E-state index >= 15 is 0 Å².